The van der Waals surface area contributed by atoms with Crippen LogP contribution in [-0.4, -0.2) is 25.2 Å². The summed E-state index contributed by atoms with van der Waals surface area (Å²) in [5, 5.41) is 8.70. The molecule has 0 spiro atoms. The Labute approximate surface area is 149 Å². The average Bonchev–Trinajstić information content (AvgIpc) is 2.60. The minimum atomic E-state index is -0.444. The molecule has 0 unspecified atom stereocenters. The van der Waals surface area contributed by atoms with Gasteiger partial charge in [-0.05, 0) is 35.8 Å². The Balaban J connectivity index is 3.26. The molecule has 25 heavy (non-hydrogen) atoms. The molecule has 8 nitrogen and oxygen atoms in total. The molecule has 0 heterocycles. The lowest BCUT2D eigenvalue weighted by Crippen LogP contribution is -2.07. The van der Waals surface area contributed by atoms with Crippen molar-refractivity contribution in [1.29, 1.82) is 0 Å². The van der Waals surface area contributed by atoms with Crippen LogP contribution < -0.4 is 0 Å². The number of hydrogen-bond acceptors (Lipinski definition) is 8. The van der Waals surface area contributed by atoms with E-state index in [1.807, 2.05) is 13.8 Å². The topological polar surface area (TPSA) is 89.5 Å². The summed E-state index contributed by atoms with van der Waals surface area (Å²) < 4.78 is 0. The second-order valence-electron chi connectivity index (χ2n) is 5.67. The van der Waals surface area contributed by atoms with Crippen molar-refractivity contribution in [3.05, 3.63) is 0 Å². The first-order valence-corrected chi connectivity index (χ1v) is 9.18. The number of carbonyl (C=O) groups is 2. The van der Waals surface area contributed by atoms with Crippen LogP contribution in [0, 0.1) is 0 Å². The Kier molecular flexibility index (Phi) is 18.2. The molecule has 0 radical (unpaired) electrons. The molecule has 0 aromatic heterocycles. The van der Waals surface area contributed by atoms with Crippen molar-refractivity contribution < 1.29 is 39.2 Å². The highest BCUT2D eigenvalue weighted by molar-refractivity contribution is 5.68. The van der Waals surface area contributed by atoms with Crippen LogP contribution in [0.3, 0.4) is 0 Å². The third-order valence-electron chi connectivity index (χ3n) is 3.27. The van der Waals surface area contributed by atoms with Gasteiger partial charge in [0.15, 0.2) is 0 Å². The molecule has 8 heteroatoms. The third kappa shape index (κ3) is 19.0. The van der Waals surface area contributed by atoms with Gasteiger partial charge in [0, 0.05) is 12.8 Å². The quantitative estimate of drug-likeness (QED) is 0.204. The molecule has 0 aromatic rings. The van der Waals surface area contributed by atoms with Gasteiger partial charge in [-0.3, -0.25) is 9.78 Å². The van der Waals surface area contributed by atoms with Gasteiger partial charge in [0.05, 0.1) is 13.2 Å². The summed E-state index contributed by atoms with van der Waals surface area (Å²) >= 11 is 0. The zero-order valence-electron chi connectivity index (χ0n) is 15.5. The molecule has 0 rings (SSSR count). The van der Waals surface area contributed by atoms with E-state index >= 15 is 0 Å². The van der Waals surface area contributed by atoms with Crippen LogP contribution in [0.4, 0.5) is 0 Å². The first-order valence-electron chi connectivity index (χ1n) is 9.18. The smallest absolute Gasteiger partial charge is 0.269 e. The van der Waals surface area contributed by atoms with Gasteiger partial charge < -0.3 is 0 Å². The van der Waals surface area contributed by atoms with E-state index in [0.29, 0.717) is 26.1 Å². The Morgan fingerprint density at radius 2 is 1.00 bits per heavy atom. The maximum atomic E-state index is 11.3. The van der Waals surface area contributed by atoms with Gasteiger partial charge in [-0.25, -0.2) is 9.59 Å². The lowest BCUT2D eigenvalue weighted by atomic mass is 10.1. The molecule has 0 aliphatic heterocycles. The second kappa shape index (κ2) is 19.1. The molecule has 0 aliphatic carbocycles. The Bertz CT molecular complexity index is 292. The molecule has 148 valence electrons. The van der Waals surface area contributed by atoms with E-state index in [-0.39, 0.29) is 12.8 Å². The van der Waals surface area contributed by atoms with Crippen molar-refractivity contribution in [3.8, 4) is 0 Å². The highest BCUT2D eigenvalue weighted by Gasteiger charge is 2.06. The van der Waals surface area contributed by atoms with E-state index in [1.54, 1.807) is 0 Å². The lowest BCUT2D eigenvalue weighted by Gasteiger charge is -2.03. The number of carbonyl (C=O) groups excluding carboxylic acids is 2. The van der Waals surface area contributed by atoms with Gasteiger partial charge in [-0.15, -0.1) is 0 Å². The van der Waals surface area contributed by atoms with Gasteiger partial charge in [-0.1, -0.05) is 46.0 Å². The highest BCUT2D eigenvalue weighted by atomic mass is 17.5. The summed E-state index contributed by atoms with van der Waals surface area (Å²) in [5.74, 6) is -0.888. The molecule has 0 aromatic carbocycles. The van der Waals surface area contributed by atoms with Crippen LogP contribution in [0.2, 0.25) is 0 Å². The largest absolute Gasteiger partial charge is 0.345 e. The normalized spacial score (nSPS) is 10.6. The lowest BCUT2D eigenvalue weighted by molar-refractivity contribution is -0.486. The van der Waals surface area contributed by atoms with Crippen molar-refractivity contribution in [3.63, 3.8) is 0 Å². The van der Waals surface area contributed by atoms with Gasteiger partial charge in [0.1, 0.15) is 0 Å². The number of unbranched alkanes of at least 4 members (excludes halogenated alkanes) is 6. The SMILES string of the molecule is CCCCOOOC(=O)CCCCCCCC(=O)OOOCCCC. The summed E-state index contributed by atoms with van der Waals surface area (Å²) in [7, 11) is 0. The van der Waals surface area contributed by atoms with Crippen LogP contribution in [0.25, 0.3) is 0 Å². The number of rotatable bonds is 18. The maximum Gasteiger partial charge on any atom is 0.345 e. The minimum Gasteiger partial charge on any atom is -0.269 e. The highest BCUT2D eigenvalue weighted by Crippen LogP contribution is 2.09. The fraction of sp³-hybridized carbons (Fsp3) is 0.882. The van der Waals surface area contributed by atoms with Gasteiger partial charge in [0.25, 0.3) is 0 Å². The molecule has 0 saturated heterocycles. The van der Waals surface area contributed by atoms with Crippen molar-refractivity contribution in [1.82, 2.24) is 0 Å². The molecule has 0 bridgehead atoms. The molecule has 0 N–H and O–H groups in total. The first kappa shape index (κ1) is 23.8. The molecular formula is C17H32O8. The van der Waals surface area contributed by atoms with Crippen molar-refractivity contribution in [2.75, 3.05) is 13.2 Å². The predicted molar refractivity (Wildman–Crippen MR) is 88.4 cm³/mol. The van der Waals surface area contributed by atoms with E-state index in [1.165, 1.54) is 0 Å². The summed E-state index contributed by atoms with van der Waals surface area (Å²) in [6.45, 7) is 4.86. The zero-order valence-corrected chi connectivity index (χ0v) is 15.5. The van der Waals surface area contributed by atoms with Crippen molar-refractivity contribution in [2.45, 2.75) is 84.5 Å². The van der Waals surface area contributed by atoms with Crippen LogP contribution in [-0.2, 0) is 39.2 Å². The summed E-state index contributed by atoms with van der Waals surface area (Å²) in [6.07, 6.45) is 8.29. The molecule has 0 fully saturated rings. The Morgan fingerprint density at radius 1 is 0.600 bits per heavy atom. The molecular weight excluding hydrogens is 332 g/mol. The predicted octanol–water partition coefficient (Wildman–Crippen LogP) is 4.13. The third-order valence-corrected chi connectivity index (χ3v) is 3.27. The standard InChI is InChI=1S/C17H32O8/c1-3-5-14-20-24-22-16(18)12-10-8-7-9-11-13-17(19)23-25-21-15-6-4-2/h3-15H2,1-2H3. The van der Waals surface area contributed by atoms with E-state index in [9.17, 15) is 9.59 Å². The second-order valence-corrected chi connectivity index (χ2v) is 5.67. The fourth-order valence-electron chi connectivity index (χ4n) is 1.75. The minimum absolute atomic E-state index is 0.280. The Morgan fingerprint density at radius 3 is 1.40 bits per heavy atom. The summed E-state index contributed by atoms with van der Waals surface area (Å²) in [4.78, 5) is 40.9. The average molecular weight is 364 g/mol. The van der Waals surface area contributed by atoms with Gasteiger partial charge >= 0.3 is 11.9 Å². The van der Waals surface area contributed by atoms with Crippen LogP contribution >= 0.6 is 0 Å². The van der Waals surface area contributed by atoms with Crippen LogP contribution in [0.15, 0.2) is 0 Å². The number of hydrogen-bond donors (Lipinski definition) is 0. The summed E-state index contributed by atoms with van der Waals surface area (Å²) in [5.41, 5.74) is 0. The monoisotopic (exact) mass is 364 g/mol. The van der Waals surface area contributed by atoms with Crippen LogP contribution in [0.5, 0.6) is 0 Å². The molecule has 0 atom stereocenters. The molecule has 0 amide bonds. The summed E-state index contributed by atoms with van der Waals surface area (Å²) in [6, 6.07) is 0. The Hall–Kier alpha value is -1.22. The first-order chi connectivity index (χ1) is 12.2. The zero-order chi connectivity index (χ0) is 18.6. The van der Waals surface area contributed by atoms with E-state index in [2.05, 4.69) is 29.6 Å². The van der Waals surface area contributed by atoms with Crippen LogP contribution in [0.1, 0.15) is 84.5 Å². The fourth-order valence-corrected chi connectivity index (χ4v) is 1.75. The molecule has 0 aliphatic rings. The van der Waals surface area contributed by atoms with Crippen molar-refractivity contribution in [2.24, 2.45) is 0 Å². The van der Waals surface area contributed by atoms with E-state index in [0.717, 1.165) is 44.9 Å². The van der Waals surface area contributed by atoms with E-state index in [4.69, 9.17) is 0 Å². The van der Waals surface area contributed by atoms with Crippen molar-refractivity contribution >= 4 is 11.9 Å². The maximum absolute atomic E-state index is 11.3. The molecule has 0 saturated carbocycles. The van der Waals surface area contributed by atoms with E-state index < -0.39 is 11.9 Å². The van der Waals surface area contributed by atoms with Gasteiger partial charge in [0.2, 0.25) is 0 Å². The van der Waals surface area contributed by atoms with Gasteiger partial charge in [-0.2, -0.15) is 9.78 Å².